The Balaban J connectivity index is 0.00000385. The molecule has 7 nitrogen and oxygen atoms in total. The summed E-state index contributed by atoms with van der Waals surface area (Å²) in [5.41, 5.74) is 1.03. The fourth-order valence-corrected chi connectivity index (χ4v) is 3.63. The molecule has 0 spiro atoms. The van der Waals surface area contributed by atoms with Gasteiger partial charge in [-0.1, -0.05) is 12.1 Å². The van der Waals surface area contributed by atoms with Gasteiger partial charge in [0.1, 0.15) is 23.5 Å². The van der Waals surface area contributed by atoms with Crippen molar-refractivity contribution in [2.75, 3.05) is 31.1 Å². The molecule has 1 saturated heterocycles. The molecule has 0 amide bonds. The third kappa shape index (κ3) is 8.96. The molecular formula is C24H35FIN5O2. The fraction of sp³-hybridized carbons (Fsp3) is 0.500. The zero-order chi connectivity index (χ0) is 22.9. The first-order chi connectivity index (χ1) is 15.4. The van der Waals surface area contributed by atoms with Crippen LogP contribution in [-0.4, -0.2) is 55.4 Å². The zero-order valence-corrected chi connectivity index (χ0v) is 22.1. The van der Waals surface area contributed by atoms with Gasteiger partial charge in [0.05, 0.1) is 25.3 Å². The number of nitrogens with zero attached hydrogens (tertiary/aromatic N) is 3. The van der Waals surface area contributed by atoms with Gasteiger partial charge in [-0.15, -0.1) is 24.0 Å². The molecule has 0 radical (unpaired) electrons. The molecule has 1 aromatic carbocycles. The average molecular weight is 571 g/mol. The Morgan fingerprint density at radius 2 is 2.00 bits per heavy atom. The summed E-state index contributed by atoms with van der Waals surface area (Å²) in [5, 5.41) is 6.51. The van der Waals surface area contributed by atoms with Crippen molar-refractivity contribution in [3.8, 4) is 5.75 Å². The summed E-state index contributed by atoms with van der Waals surface area (Å²) in [6, 6.07) is 10.3. The first-order valence-electron chi connectivity index (χ1n) is 11.2. The third-order valence-electron chi connectivity index (χ3n) is 5.01. The normalized spacial score (nSPS) is 19.4. The maximum atomic E-state index is 13.3. The van der Waals surface area contributed by atoms with Gasteiger partial charge in [-0.2, -0.15) is 0 Å². The lowest BCUT2D eigenvalue weighted by atomic mass is 10.2. The van der Waals surface area contributed by atoms with Gasteiger partial charge in [0.25, 0.3) is 0 Å². The number of guanidine groups is 1. The number of morpholine rings is 1. The minimum absolute atomic E-state index is 0. The molecular weight excluding hydrogens is 536 g/mol. The summed E-state index contributed by atoms with van der Waals surface area (Å²) < 4.78 is 24.9. The molecule has 1 aliphatic rings. The van der Waals surface area contributed by atoms with Crippen LogP contribution >= 0.6 is 24.0 Å². The summed E-state index contributed by atoms with van der Waals surface area (Å²) in [6.07, 6.45) is 2.12. The largest absolute Gasteiger partial charge is 0.489 e. The molecule has 0 saturated carbocycles. The Morgan fingerprint density at radius 1 is 1.24 bits per heavy atom. The van der Waals surface area contributed by atoms with Crippen LogP contribution in [-0.2, 0) is 11.3 Å². The number of aromatic nitrogens is 1. The van der Waals surface area contributed by atoms with Gasteiger partial charge in [0, 0.05) is 31.9 Å². The highest BCUT2D eigenvalue weighted by Crippen LogP contribution is 2.18. The number of aliphatic imine (C=N–C) groups is 1. The molecule has 33 heavy (non-hydrogen) atoms. The molecule has 0 aliphatic carbocycles. The van der Waals surface area contributed by atoms with Crippen LogP contribution < -0.4 is 20.3 Å². The molecule has 3 unspecified atom stereocenters. The van der Waals surface area contributed by atoms with Crippen LogP contribution in [0, 0.1) is 5.82 Å². The van der Waals surface area contributed by atoms with Gasteiger partial charge in [0.15, 0.2) is 5.96 Å². The van der Waals surface area contributed by atoms with Crippen molar-refractivity contribution in [1.82, 2.24) is 15.6 Å². The first kappa shape index (κ1) is 27.1. The number of hydrogen-bond donors (Lipinski definition) is 2. The van der Waals surface area contributed by atoms with Crippen molar-refractivity contribution < 1.29 is 13.9 Å². The van der Waals surface area contributed by atoms with E-state index in [4.69, 9.17) is 9.47 Å². The van der Waals surface area contributed by atoms with Crippen molar-refractivity contribution in [2.24, 2.45) is 4.99 Å². The minimum Gasteiger partial charge on any atom is -0.489 e. The van der Waals surface area contributed by atoms with E-state index >= 15 is 0 Å². The van der Waals surface area contributed by atoms with Crippen LogP contribution in [0.1, 0.15) is 33.3 Å². The molecule has 3 atom stereocenters. The molecule has 2 N–H and O–H groups in total. The predicted octanol–water partition coefficient (Wildman–Crippen LogP) is 3.97. The van der Waals surface area contributed by atoms with E-state index in [0.29, 0.717) is 24.8 Å². The number of anilines is 1. The summed E-state index contributed by atoms with van der Waals surface area (Å²) in [5.74, 6) is 1.86. The summed E-state index contributed by atoms with van der Waals surface area (Å²) in [6.45, 7) is 11.6. The van der Waals surface area contributed by atoms with Crippen molar-refractivity contribution in [3.05, 3.63) is 54.0 Å². The number of hydrogen-bond acceptors (Lipinski definition) is 5. The lowest BCUT2D eigenvalue weighted by Crippen LogP contribution is -2.45. The van der Waals surface area contributed by atoms with Crippen LogP contribution in [0.5, 0.6) is 5.75 Å². The van der Waals surface area contributed by atoms with Crippen LogP contribution in [0.4, 0.5) is 10.2 Å². The second-order valence-corrected chi connectivity index (χ2v) is 8.15. The highest BCUT2D eigenvalue weighted by molar-refractivity contribution is 14.0. The fourth-order valence-electron chi connectivity index (χ4n) is 3.63. The van der Waals surface area contributed by atoms with Gasteiger partial charge >= 0.3 is 0 Å². The summed E-state index contributed by atoms with van der Waals surface area (Å²) in [4.78, 5) is 11.5. The zero-order valence-electron chi connectivity index (χ0n) is 19.8. The smallest absolute Gasteiger partial charge is 0.191 e. The summed E-state index contributed by atoms with van der Waals surface area (Å²) in [7, 11) is 0. The van der Waals surface area contributed by atoms with E-state index in [1.165, 1.54) is 12.1 Å². The minimum atomic E-state index is -0.310. The van der Waals surface area contributed by atoms with Crippen molar-refractivity contribution in [1.29, 1.82) is 0 Å². The second kappa shape index (κ2) is 13.5. The molecule has 1 aliphatic heterocycles. The molecule has 1 aromatic heterocycles. The number of pyridine rings is 1. The maximum Gasteiger partial charge on any atom is 0.191 e. The topological polar surface area (TPSA) is 71.0 Å². The van der Waals surface area contributed by atoms with E-state index in [9.17, 15) is 4.39 Å². The molecule has 2 aromatic rings. The van der Waals surface area contributed by atoms with Crippen LogP contribution in [0.2, 0.25) is 0 Å². The van der Waals surface area contributed by atoms with E-state index in [2.05, 4.69) is 45.4 Å². The lowest BCUT2D eigenvalue weighted by Gasteiger charge is -2.36. The quantitative estimate of drug-likeness (QED) is 0.284. The van der Waals surface area contributed by atoms with Gasteiger partial charge in [-0.3, -0.25) is 0 Å². The first-order valence-corrected chi connectivity index (χ1v) is 11.2. The SMILES string of the molecule is CCNC(=NCc1ccc(N2CC(C)OC(C)C2)nc1)NCC(C)Oc1cccc(F)c1.I. The van der Waals surface area contributed by atoms with Crippen LogP contribution in [0.15, 0.2) is 47.6 Å². The molecule has 9 heteroatoms. The predicted molar refractivity (Wildman–Crippen MR) is 141 cm³/mol. The monoisotopic (exact) mass is 571 g/mol. The number of halogens is 2. The van der Waals surface area contributed by atoms with Crippen molar-refractivity contribution in [2.45, 2.75) is 52.6 Å². The Bertz CT molecular complexity index is 873. The number of benzene rings is 1. The molecule has 0 bridgehead atoms. The van der Waals surface area contributed by atoms with Crippen molar-refractivity contribution in [3.63, 3.8) is 0 Å². The third-order valence-corrected chi connectivity index (χ3v) is 5.01. The Labute approximate surface area is 213 Å². The van der Waals surface area contributed by atoms with E-state index in [1.807, 2.05) is 26.1 Å². The average Bonchev–Trinajstić information content (AvgIpc) is 2.75. The molecule has 3 rings (SSSR count). The van der Waals surface area contributed by atoms with Gasteiger partial charge < -0.3 is 25.0 Å². The Morgan fingerprint density at radius 3 is 2.64 bits per heavy atom. The van der Waals surface area contributed by atoms with Gasteiger partial charge in [-0.25, -0.2) is 14.4 Å². The highest BCUT2D eigenvalue weighted by Gasteiger charge is 2.22. The molecule has 1 fully saturated rings. The second-order valence-electron chi connectivity index (χ2n) is 8.15. The summed E-state index contributed by atoms with van der Waals surface area (Å²) >= 11 is 0. The van der Waals surface area contributed by atoms with Gasteiger partial charge in [0.2, 0.25) is 0 Å². The van der Waals surface area contributed by atoms with Gasteiger partial charge in [-0.05, 0) is 51.5 Å². The number of ether oxygens (including phenoxy) is 2. The Hall–Kier alpha value is -2.14. The maximum absolute atomic E-state index is 13.3. The number of nitrogens with one attached hydrogen (secondary N) is 2. The molecule has 182 valence electrons. The van der Waals surface area contributed by atoms with Crippen LogP contribution in [0.3, 0.4) is 0 Å². The van der Waals surface area contributed by atoms with E-state index in [-0.39, 0.29) is 48.1 Å². The highest BCUT2D eigenvalue weighted by atomic mass is 127. The Kier molecular flexibility index (Phi) is 11.1. The van der Waals surface area contributed by atoms with E-state index < -0.39 is 0 Å². The number of rotatable bonds is 8. The van der Waals surface area contributed by atoms with Crippen LogP contribution in [0.25, 0.3) is 0 Å². The van der Waals surface area contributed by atoms with Crippen molar-refractivity contribution >= 4 is 35.8 Å². The van der Waals surface area contributed by atoms with E-state index in [1.54, 1.807) is 12.1 Å². The molecule has 2 heterocycles. The lowest BCUT2D eigenvalue weighted by molar-refractivity contribution is -0.00546. The van der Waals surface area contributed by atoms with E-state index in [0.717, 1.165) is 31.0 Å². The standard InChI is InChI=1S/C24H34FN5O2.HI/c1-5-26-24(28-12-17(2)32-22-8-6-7-21(25)11-22)29-14-20-9-10-23(27-13-20)30-15-18(3)31-19(4)16-30;/h6-11,13,17-19H,5,12,14-16H2,1-4H3,(H2,26,28,29);1H.